The first kappa shape index (κ1) is 19.2. The van der Waals surface area contributed by atoms with E-state index in [-0.39, 0.29) is 0 Å². The molecular formula is C22H16O2S5. The van der Waals surface area contributed by atoms with E-state index in [1.807, 2.05) is 61.0 Å². The van der Waals surface area contributed by atoms with Gasteiger partial charge in [0.25, 0.3) is 0 Å². The summed E-state index contributed by atoms with van der Waals surface area (Å²) in [5.74, 6) is 0. The lowest BCUT2D eigenvalue weighted by Gasteiger charge is -2.05. The van der Waals surface area contributed by atoms with Gasteiger partial charge in [-0.2, -0.15) is 0 Å². The van der Waals surface area contributed by atoms with E-state index >= 15 is 0 Å². The van der Waals surface area contributed by atoms with Crippen LogP contribution in [0.4, 0.5) is 0 Å². The molecule has 2 nitrogen and oxygen atoms in total. The average molecular weight is 473 g/mol. The molecule has 0 amide bonds. The second-order valence-electron chi connectivity index (χ2n) is 6.69. The lowest BCUT2D eigenvalue weighted by molar-refractivity contribution is 0.615. The third kappa shape index (κ3) is 3.12. The van der Waals surface area contributed by atoms with Crippen molar-refractivity contribution in [2.75, 3.05) is 0 Å². The molecule has 5 heterocycles. The zero-order chi connectivity index (χ0) is 20.2. The highest BCUT2D eigenvalue weighted by Gasteiger charge is 2.37. The van der Waals surface area contributed by atoms with Gasteiger partial charge in [0.2, 0.25) is 9.84 Å². The van der Waals surface area contributed by atoms with E-state index in [0.29, 0.717) is 9.81 Å². The Hall–Kier alpha value is -1.77. The molecule has 0 aromatic carbocycles. The van der Waals surface area contributed by atoms with Crippen LogP contribution in [0.1, 0.15) is 23.6 Å². The summed E-state index contributed by atoms with van der Waals surface area (Å²) in [6.45, 7) is 3.85. The van der Waals surface area contributed by atoms with Crippen LogP contribution in [-0.4, -0.2) is 8.42 Å². The fraction of sp³-hybridized carbons (Fsp3) is 0.0909. The Morgan fingerprint density at radius 1 is 0.586 bits per heavy atom. The Morgan fingerprint density at radius 3 is 1.38 bits per heavy atom. The summed E-state index contributed by atoms with van der Waals surface area (Å²) >= 11 is 6.43. The van der Waals surface area contributed by atoms with Gasteiger partial charge in [-0.3, -0.25) is 0 Å². The summed E-state index contributed by atoms with van der Waals surface area (Å²) in [7, 11) is -3.56. The summed E-state index contributed by atoms with van der Waals surface area (Å²) in [4.78, 5) is 7.09. The first-order valence-electron chi connectivity index (χ1n) is 8.92. The van der Waals surface area contributed by atoms with Crippen molar-refractivity contribution >= 4 is 65.0 Å². The number of sulfone groups is 1. The highest BCUT2D eigenvalue weighted by atomic mass is 32.2. The highest BCUT2D eigenvalue weighted by molar-refractivity contribution is 8.09. The molecule has 0 unspecified atom stereocenters. The van der Waals surface area contributed by atoms with Crippen LogP contribution in [0.3, 0.4) is 0 Å². The molecule has 5 rings (SSSR count). The number of hydrogen-bond donors (Lipinski definition) is 0. The summed E-state index contributed by atoms with van der Waals surface area (Å²) < 4.78 is 27.2. The summed E-state index contributed by atoms with van der Waals surface area (Å²) in [5, 5.41) is 4.08. The van der Waals surface area contributed by atoms with Crippen LogP contribution in [0.15, 0.2) is 70.4 Å². The van der Waals surface area contributed by atoms with Crippen LogP contribution >= 0.6 is 45.3 Å². The maximum Gasteiger partial charge on any atom is 0.209 e. The van der Waals surface area contributed by atoms with Gasteiger partial charge in [-0.05, 0) is 72.2 Å². The Bertz CT molecular complexity index is 1260. The first-order valence-corrected chi connectivity index (χ1v) is 13.8. The second kappa shape index (κ2) is 7.18. The molecule has 7 heteroatoms. The van der Waals surface area contributed by atoms with Crippen molar-refractivity contribution in [3.8, 4) is 19.5 Å². The SMILES string of the molecule is CC1=C(c2ccc(-c3cccs3)s2)S(=O)(=O)C(c2ccc(-c3cccs3)s2)=C1C. The van der Waals surface area contributed by atoms with Crippen LogP contribution in [0.25, 0.3) is 29.3 Å². The molecule has 0 bridgehead atoms. The highest BCUT2D eigenvalue weighted by Crippen LogP contribution is 2.50. The van der Waals surface area contributed by atoms with Crippen LogP contribution in [0.2, 0.25) is 0 Å². The molecule has 0 aliphatic carbocycles. The van der Waals surface area contributed by atoms with Crippen molar-refractivity contribution in [2.45, 2.75) is 13.8 Å². The molecule has 0 saturated carbocycles. The minimum absolute atomic E-state index is 0.462. The molecule has 1 aliphatic heterocycles. The van der Waals surface area contributed by atoms with Gasteiger partial charge in [0.15, 0.2) is 0 Å². The molecule has 0 spiro atoms. The lowest BCUT2D eigenvalue weighted by atomic mass is 10.1. The Kier molecular flexibility index (Phi) is 4.75. The molecule has 0 N–H and O–H groups in total. The molecule has 4 aromatic heterocycles. The molecular weight excluding hydrogens is 457 g/mol. The first-order chi connectivity index (χ1) is 14.0. The lowest BCUT2D eigenvalue weighted by Crippen LogP contribution is -2.00. The molecule has 29 heavy (non-hydrogen) atoms. The largest absolute Gasteiger partial charge is 0.218 e. The molecule has 4 aromatic rings. The van der Waals surface area contributed by atoms with E-state index in [4.69, 9.17) is 0 Å². The van der Waals surface area contributed by atoms with E-state index in [2.05, 4.69) is 12.1 Å². The summed E-state index contributed by atoms with van der Waals surface area (Å²) in [6, 6.07) is 16.1. The maximum absolute atomic E-state index is 13.6. The number of allylic oxidation sites excluding steroid dienone is 2. The summed E-state index contributed by atoms with van der Waals surface area (Å²) in [6.07, 6.45) is 0. The monoisotopic (exact) mass is 472 g/mol. The predicted molar refractivity (Wildman–Crippen MR) is 129 cm³/mol. The van der Waals surface area contributed by atoms with Gasteiger partial charge < -0.3 is 0 Å². The molecule has 1 aliphatic rings. The minimum atomic E-state index is -3.56. The van der Waals surface area contributed by atoms with Gasteiger partial charge in [-0.1, -0.05) is 12.1 Å². The third-order valence-corrected chi connectivity index (χ3v) is 11.7. The van der Waals surface area contributed by atoms with E-state index in [1.54, 1.807) is 45.3 Å². The smallest absolute Gasteiger partial charge is 0.209 e. The second-order valence-corrected chi connectivity index (χ2v) is 12.6. The van der Waals surface area contributed by atoms with Gasteiger partial charge in [0.05, 0.1) is 9.81 Å². The number of hydrogen-bond acceptors (Lipinski definition) is 6. The predicted octanol–water partition coefficient (Wildman–Crippen LogP) is 7.86. The van der Waals surface area contributed by atoms with Crippen LogP contribution in [0, 0.1) is 0 Å². The van der Waals surface area contributed by atoms with Gasteiger partial charge in [0, 0.05) is 29.3 Å². The van der Waals surface area contributed by atoms with Crippen molar-refractivity contribution in [3.05, 3.63) is 80.2 Å². The van der Waals surface area contributed by atoms with Crippen LogP contribution < -0.4 is 0 Å². The fourth-order valence-electron chi connectivity index (χ4n) is 3.50. The van der Waals surface area contributed by atoms with E-state index in [9.17, 15) is 8.42 Å². The van der Waals surface area contributed by atoms with Gasteiger partial charge in [-0.15, -0.1) is 45.3 Å². The van der Waals surface area contributed by atoms with Crippen molar-refractivity contribution < 1.29 is 8.42 Å². The van der Waals surface area contributed by atoms with E-state index in [1.165, 1.54) is 9.75 Å². The Balaban J connectivity index is 1.56. The quantitative estimate of drug-likeness (QED) is 0.303. The van der Waals surface area contributed by atoms with Gasteiger partial charge >= 0.3 is 0 Å². The summed E-state index contributed by atoms with van der Waals surface area (Å²) in [5.41, 5.74) is 1.70. The minimum Gasteiger partial charge on any atom is -0.218 e. The molecule has 0 fully saturated rings. The van der Waals surface area contributed by atoms with Gasteiger partial charge in [-0.25, -0.2) is 8.42 Å². The molecule has 0 saturated heterocycles. The Labute approximate surface area is 186 Å². The standard InChI is InChI=1S/C22H16O2S5/c1-13-14(2)22(20-10-8-18(28-20)16-6-4-12-26-16)29(23,24)21(13)19-9-7-17(27-19)15-5-3-11-25-15/h3-12H,1-2H3. The Morgan fingerprint density at radius 2 is 1.00 bits per heavy atom. The maximum atomic E-state index is 13.6. The van der Waals surface area contributed by atoms with Crippen molar-refractivity contribution in [3.63, 3.8) is 0 Å². The van der Waals surface area contributed by atoms with Crippen molar-refractivity contribution in [1.82, 2.24) is 0 Å². The zero-order valence-electron chi connectivity index (χ0n) is 15.6. The van der Waals surface area contributed by atoms with Gasteiger partial charge in [0.1, 0.15) is 0 Å². The normalized spacial score (nSPS) is 16.2. The van der Waals surface area contributed by atoms with E-state index in [0.717, 1.165) is 30.7 Å². The average Bonchev–Trinajstić information content (AvgIpc) is 3.48. The van der Waals surface area contributed by atoms with E-state index < -0.39 is 9.84 Å². The topological polar surface area (TPSA) is 34.1 Å². The molecule has 146 valence electrons. The van der Waals surface area contributed by atoms with Crippen LogP contribution in [-0.2, 0) is 9.84 Å². The molecule has 0 radical (unpaired) electrons. The zero-order valence-corrected chi connectivity index (χ0v) is 19.7. The van der Waals surface area contributed by atoms with Crippen LogP contribution in [0.5, 0.6) is 0 Å². The van der Waals surface area contributed by atoms with Crippen molar-refractivity contribution in [1.29, 1.82) is 0 Å². The number of thiophene rings is 4. The number of rotatable bonds is 4. The fourth-order valence-corrected chi connectivity index (χ4v) is 10.1. The molecule has 0 atom stereocenters. The van der Waals surface area contributed by atoms with Crippen molar-refractivity contribution in [2.24, 2.45) is 0 Å². The third-order valence-electron chi connectivity index (χ3n) is 4.97.